The zero-order valence-electron chi connectivity index (χ0n) is 14.5. The van der Waals surface area contributed by atoms with Crippen LogP contribution in [-0.2, 0) is 4.74 Å². The topological polar surface area (TPSA) is 67.4 Å². The number of ether oxygens (including phenoxy) is 1. The lowest BCUT2D eigenvalue weighted by Crippen LogP contribution is -2.62. The van der Waals surface area contributed by atoms with Gasteiger partial charge in [0.25, 0.3) is 5.91 Å². The fourth-order valence-corrected chi connectivity index (χ4v) is 3.66. The highest BCUT2D eigenvalue weighted by Crippen LogP contribution is 2.28. The molecule has 1 heterocycles. The highest BCUT2D eigenvalue weighted by atomic mass is 16.5. The molecule has 1 aromatic rings. The number of carbonyl (C=O) groups is 2. The predicted octanol–water partition coefficient (Wildman–Crippen LogP) is 2.51. The number of methoxy groups -OCH3 is 1. The van der Waals surface area contributed by atoms with Crippen LogP contribution < -0.4 is 10.6 Å². The second-order valence-electron chi connectivity index (χ2n) is 7.51. The third-order valence-corrected chi connectivity index (χ3v) is 4.10. The normalized spacial score (nSPS) is 19.9. The van der Waals surface area contributed by atoms with Gasteiger partial charge in [-0.25, -0.2) is 4.79 Å². The van der Waals surface area contributed by atoms with Crippen LogP contribution in [0.1, 0.15) is 61.3 Å². The summed E-state index contributed by atoms with van der Waals surface area (Å²) in [7, 11) is 1.31. The van der Waals surface area contributed by atoms with Gasteiger partial charge in [-0.1, -0.05) is 12.1 Å². The molecule has 1 amide bonds. The molecule has 2 N–H and O–H groups in total. The van der Waals surface area contributed by atoms with Gasteiger partial charge in [0.15, 0.2) is 0 Å². The Labute approximate surface area is 137 Å². The van der Waals surface area contributed by atoms with Gasteiger partial charge >= 0.3 is 5.97 Å². The van der Waals surface area contributed by atoms with Gasteiger partial charge in [0, 0.05) is 17.1 Å². The Morgan fingerprint density at radius 2 is 1.61 bits per heavy atom. The van der Waals surface area contributed by atoms with Crippen LogP contribution in [-0.4, -0.2) is 36.1 Å². The Kier molecular flexibility index (Phi) is 4.80. The van der Waals surface area contributed by atoms with Crippen LogP contribution in [0.25, 0.3) is 0 Å². The fraction of sp³-hybridized carbons (Fsp3) is 0.556. The second kappa shape index (κ2) is 6.32. The van der Waals surface area contributed by atoms with Gasteiger partial charge in [-0.3, -0.25) is 4.79 Å². The van der Waals surface area contributed by atoms with Crippen LogP contribution >= 0.6 is 0 Å². The summed E-state index contributed by atoms with van der Waals surface area (Å²) < 4.78 is 4.75. The number of hydrogen-bond acceptors (Lipinski definition) is 4. The van der Waals surface area contributed by atoms with Crippen molar-refractivity contribution in [3.63, 3.8) is 0 Å². The van der Waals surface area contributed by atoms with E-state index in [-0.39, 0.29) is 23.0 Å². The highest BCUT2D eigenvalue weighted by Gasteiger charge is 2.38. The van der Waals surface area contributed by atoms with Crippen molar-refractivity contribution in [3.05, 3.63) is 35.4 Å². The summed E-state index contributed by atoms with van der Waals surface area (Å²) in [6.45, 7) is 8.54. The lowest BCUT2D eigenvalue weighted by Gasteiger charge is -2.46. The molecule has 5 nitrogen and oxygen atoms in total. The summed E-state index contributed by atoms with van der Waals surface area (Å²) in [6.07, 6.45) is 1.67. The number of carbonyl (C=O) groups excluding carboxylic acids is 2. The first-order valence-electron chi connectivity index (χ1n) is 7.91. The van der Waals surface area contributed by atoms with E-state index in [4.69, 9.17) is 4.74 Å². The van der Waals surface area contributed by atoms with Gasteiger partial charge in [-0.05, 0) is 52.7 Å². The van der Waals surface area contributed by atoms with E-state index >= 15 is 0 Å². The molecule has 1 aromatic carbocycles. The monoisotopic (exact) mass is 318 g/mol. The lowest BCUT2D eigenvalue weighted by molar-refractivity contribution is 0.0594. The molecule has 1 saturated heterocycles. The van der Waals surface area contributed by atoms with Gasteiger partial charge in [0.1, 0.15) is 0 Å². The smallest absolute Gasteiger partial charge is 0.338 e. The van der Waals surface area contributed by atoms with Crippen LogP contribution in [0.2, 0.25) is 0 Å². The Hall–Kier alpha value is -1.88. The number of hydrogen-bond donors (Lipinski definition) is 2. The van der Waals surface area contributed by atoms with Gasteiger partial charge < -0.3 is 15.4 Å². The fourth-order valence-electron chi connectivity index (χ4n) is 3.66. The average Bonchev–Trinajstić information content (AvgIpc) is 2.43. The molecule has 0 spiro atoms. The molecule has 0 aromatic heterocycles. The van der Waals surface area contributed by atoms with Crippen LogP contribution in [0.3, 0.4) is 0 Å². The van der Waals surface area contributed by atoms with E-state index in [9.17, 15) is 9.59 Å². The lowest BCUT2D eigenvalue weighted by atomic mass is 9.79. The predicted molar refractivity (Wildman–Crippen MR) is 89.6 cm³/mol. The van der Waals surface area contributed by atoms with Crippen LogP contribution in [0.5, 0.6) is 0 Å². The molecule has 5 heteroatoms. The average molecular weight is 318 g/mol. The van der Waals surface area contributed by atoms with E-state index in [1.807, 2.05) is 0 Å². The number of piperidine rings is 1. The second-order valence-corrected chi connectivity index (χ2v) is 7.51. The molecule has 1 fully saturated rings. The van der Waals surface area contributed by atoms with E-state index in [1.54, 1.807) is 24.3 Å². The summed E-state index contributed by atoms with van der Waals surface area (Å²) in [5.74, 6) is -0.730. The molecular weight excluding hydrogens is 292 g/mol. The first kappa shape index (κ1) is 17.5. The maximum Gasteiger partial charge on any atom is 0.338 e. The quantitative estimate of drug-likeness (QED) is 0.840. The number of esters is 1. The van der Waals surface area contributed by atoms with Crippen molar-refractivity contribution in [1.29, 1.82) is 0 Å². The minimum absolute atomic E-state index is 0.0540. The maximum absolute atomic E-state index is 12.6. The molecule has 0 atom stereocenters. The van der Waals surface area contributed by atoms with Crippen molar-refractivity contribution >= 4 is 11.9 Å². The first-order chi connectivity index (χ1) is 10.6. The Balaban J connectivity index is 2.18. The molecule has 0 saturated carbocycles. The SMILES string of the molecule is COC(=O)c1ccccc1C(=O)NC1CC(C)(C)NC(C)(C)C1. The van der Waals surface area contributed by atoms with Crippen molar-refractivity contribution in [2.24, 2.45) is 0 Å². The minimum Gasteiger partial charge on any atom is -0.465 e. The Bertz CT molecular complexity index is 592. The molecular formula is C18H26N2O3. The van der Waals surface area contributed by atoms with E-state index in [2.05, 4.69) is 38.3 Å². The van der Waals surface area contributed by atoms with Crippen molar-refractivity contribution in [2.45, 2.75) is 57.7 Å². The summed E-state index contributed by atoms with van der Waals surface area (Å²) in [5.41, 5.74) is 0.539. The molecule has 0 unspecified atom stereocenters. The zero-order valence-corrected chi connectivity index (χ0v) is 14.5. The summed E-state index contributed by atoms with van der Waals surface area (Å²) in [4.78, 5) is 24.5. The van der Waals surface area contributed by atoms with Gasteiger partial charge in [-0.15, -0.1) is 0 Å². The summed E-state index contributed by atoms with van der Waals surface area (Å²) >= 11 is 0. The van der Waals surface area contributed by atoms with E-state index in [0.29, 0.717) is 11.1 Å². The molecule has 126 valence electrons. The number of rotatable bonds is 3. The van der Waals surface area contributed by atoms with Crippen molar-refractivity contribution < 1.29 is 14.3 Å². The number of nitrogens with one attached hydrogen (secondary N) is 2. The Morgan fingerprint density at radius 3 is 2.13 bits per heavy atom. The summed E-state index contributed by atoms with van der Waals surface area (Å²) in [5, 5.41) is 6.67. The molecule has 23 heavy (non-hydrogen) atoms. The molecule has 1 aliphatic rings. The molecule has 2 rings (SSSR count). The van der Waals surface area contributed by atoms with Crippen LogP contribution in [0.4, 0.5) is 0 Å². The molecule has 0 radical (unpaired) electrons. The van der Waals surface area contributed by atoms with Gasteiger partial charge in [0.05, 0.1) is 18.2 Å². The van der Waals surface area contributed by atoms with E-state index < -0.39 is 5.97 Å². The van der Waals surface area contributed by atoms with Crippen molar-refractivity contribution in [3.8, 4) is 0 Å². The van der Waals surface area contributed by atoms with E-state index in [0.717, 1.165) is 12.8 Å². The third-order valence-electron chi connectivity index (χ3n) is 4.10. The molecule has 1 aliphatic heterocycles. The van der Waals surface area contributed by atoms with Crippen LogP contribution in [0.15, 0.2) is 24.3 Å². The summed E-state index contributed by atoms with van der Waals surface area (Å²) in [6, 6.07) is 6.78. The first-order valence-corrected chi connectivity index (χ1v) is 7.91. The maximum atomic E-state index is 12.6. The number of amides is 1. The van der Waals surface area contributed by atoms with Crippen LogP contribution in [0, 0.1) is 0 Å². The standard InChI is InChI=1S/C18H26N2O3/c1-17(2)10-12(11-18(3,4)20-17)19-15(21)13-8-6-7-9-14(13)16(22)23-5/h6-9,12,20H,10-11H2,1-5H3,(H,19,21). The number of benzene rings is 1. The van der Waals surface area contributed by atoms with Crippen molar-refractivity contribution in [1.82, 2.24) is 10.6 Å². The Morgan fingerprint density at radius 1 is 1.09 bits per heavy atom. The molecule has 0 aliphatic carbocycles. The van der Waals surface area contributed by atoms with Gasteiger partial charge in [0.2, 0.25) is 0 Å². The van der Waals surface area contributed by atoms with E-state index in [1.165, 1.54) is 7.11 Å². The van der Waals surface area contributed by atoms with Crippen molar-refractivity contribution in [2.75, 3.05) is 7.11 Å². The molecule has 0 bridgehead atoms. The zero-order chi connectivity index (χ0) is 17.3. The van der Waals surface area contributed by atoms with Gasteiger partial charge in [-0.2, -0.15) is 0 Å². The minimum atomic E-state index is -0.498. The largest absolute Gasteiger partial charge is 0.465 e. The highest BCUT2D eigenvalue weighted by molar-refractivity contribution is 6.05. The third kappa shape index (κ3) is 4.32.